The summed E-state index contributed by atoms with van der Waals surface area (Å²) in [5.74, 6) is 0.929. The van der Waals surface area contributed by atoms with E-state index in [0.29, 0.717) is 6.54 Å². The van der Waals surface area contributed by atoms with Crippen molar-refractivity contribution in [3.05, 3.63) is 0 Å². The van der Waals surface area contributed by atoms with E-state index >= 15 is 0 Å². The molecule has 1 heterocycles. The number of carbonyl (C=O) groups excluding carboxylic acids is 2. The summed E-state index contributed by atoms with van der Waals surface area (Å²) in [7, 11) is 0. The van der Waals surface area contributed by atoms with Crippen LogP contribution in [0.3, 0.4) is 0 Å². The molecule has 13 heavy (non-hydrogen) atoms. The second-order valence-corrected chi connectivity index (χ2v) is 3.96. The molecule has 1 N–H and O–H groups in total. The van der Waals surface area contributed by atoms with Gasteiger partial charge in [0.15, 0.2) is 0 Å². The molecule has 0 aromatic rings. The summed E-state index contributed by atoms with van der Waals surface area (Å²) in [6, 6.07) is -0.242. The first-order valence-corrected chi connectivity index (χ1v) is 5.71. The van der Waals surface area contributed by atoms with Gasteiger partial charge in [0, 0.05) is 6.54 Å². The fraction of sp³-hybridized carbons (Fsp3) is 0.750. The molecular formula is C8H14N2O2S. The number of hydrogen-bond donors (Lipinski definition) is 1. The summed E-state index contributed by atoms with van der Waals surface area (Å²) in [6.45, 7) is 0.927. The minimum Gasteiger partial charge on any atom is -0.315 e. The van der Waals surface area contributed by atoms with E-state index < -0.39 is 0 Å². The number of nitrogens with zero attached hydrogens (tertiary/aromatic N) is 1. The second kappa shape index (κ2) is 5.11. The molecule has 0 atom stereocenters. The minimum absolute atomic E-state index is 0.185. The zero-order chi connectivity index (χ0) is 9.68. The first kappa shape index (κ1) is 10.4. The Morgan fingerprint density at radius 1 is 1.46 bits per heavy atom. The maximum absolute atomic E-state index is 11.0. The van der Waals surface area contributed by atoms with E-state index in [9.17, 15) is 9.59 Å². The van der Waals surface area contributed by atoms with Gasteiger partial charge in [-0.3, -0.25) is 10.1 Å². The number of rotatable bonds is 5. The number of unbranched alkanes of at least 4 members (excludes halogenated alkanes) is 1. The van der Waals surface area contributed by atoms with Crippen LogP contribution in [0.25, 0.3) is 0 Å². The quantitative estimate of drug-likeness (QED) is 0.527. The predicted octanol–water partition coefficient (Wildman–Crippen LogP) is 0.681. The summed E-state index contributed by atoms with van der Waals surface area (Å²) in [4.78, 5) is 23.4. The van der Waals surface area contributed by atoms with E-state index in [1.54, 1.807) is 16.7 Å². The van der Waals surface area contributed by atoms with Crippen molar-refractivity contribution in [2.75, 3.05) is 25.1 Å². The summed E-state index contributed by atoms with van der Waals surface area (Å²) in [5.41, 5.74) is 0. The molecule has 5 heteroatoms. The van der Waals surface area contributed by atoms with E-state index in [-0.39, 0.29) is 18.5 Å². The lowest BCUT2D eigenvalue weighted by molar-refractivity contribution is -0.118. The highest BCUT2D eigenvalue weighted by Gasteiger charge is 2.25. The molecule has 0 radical (unpaired) electrons. The second-order valence-electron chi connectivity index (χ2n) is 2.97. The maximum atomic E-state index is 11.0. The molecule has 1 saturated heterocycles. The molecule has 0 unspecified atom stereocenters. The van der Waals surface area contributed by atoms with Crippen LogP contribution < -0.4 is 5.32 Å². The molecule has 1 aliphatic rings. The summed E-state index contributed by atoms with van der Waals surface area (Å²) < 4.78 is 0. The number of imide groups is 1. The van der Waals surface area contributed by atoms with Crippen molar-refractivity contribution in [1.82, 2.24) is 10.2 Å². The van der Waals surface area contributed by atoms with Gasteiger partial charge in [-0.25, -0.2) is 4.79 Å². The molecule has 0 spiro atoms. The highest BCUT2D eigenvalue weighted by molar-refractivity contribution is 7.98. The molecule has 1 fully saturated rings. The van der Waals surface area contributed by atoms with E-state index in [0.717, 1.165) is 18.6 Å². The number of amides is 3. The molecule has 4 nitrogen and oxygen atoms in total. The number of carbonyl (C=O) groups is 2. The third-order valence-electron chi connectivity index (χ3n) is 1.89. The molecule has 1 rings (SSSR count). The summed E-state index contributed by atoms with van der Waals surface area (Å²) in [6.07, 6.45) is 4.13. The predicted molar refractivity (Wildman–Crippen MR) is 52.7 cm³/mol. The Labute approximate surface area is 82.0 Å². The Morgan fingerprint density at radius 2 is 2.23 bits per heavy atom. The standard InChI is InChI=1S/C8H14N2O2S/c1-13-5-3-2-4-10-6-7(11)9-8(10)12/h2-6H2,1H3,(H,9,11,12). The Kier molecular flexibility index (Phi) is 4.08. The summed E-state index contributed by atoms with van der Waals surface area (Å²) in [5, 5.41) is 2.25. The summed E-state index contributed by atoms with van der Waals surface area (Å²) >= 11 is 1.80. The van der Waals surface area contributed by atoms with Gasteiger partial charge in [-0.15, -0.1) is 0 Å². The van der Waals surface area contributed by atoms with E-state index in [1.807, 2.05) is 0 Å². The van der Waals surface area contributed by atoms with Crippen LogP contribution in [0, 0.1) is 0 Å². The van der Waals surface area contributed by atoms with Gasteiger partial charge in [0.2, 0.25) is 5.91 Å². The van der Waals surface area contributed by atoms with Crippen LogP contribution in [-0.2, 0) is 4.79 Å². The van der Waals surface area contributed by atoms with Crippen molar-refractivity contribution in [3.63, 3.8) is 0 Å². The van der Waals surface area contributed by atoms with Crippen molar-refractivity contribution in [3.8, 4) is 0 Å². The van der Waals surface area contributed by atoms with Crippen LogP contribution >= 0.6 is 11.8 Å². The lowest BCUT2D eigenvalue weighted by atomic mass is 10.3. The number of urea groups is 1. The van der Waals surface area contributed by atoms with E-state index in [1.165, 1.54) is 0 Å². The van der Waals surface area contributed by atoms with Crippen LogP contribution in [0.15, 0.2) is 0 Å². The van der Waals surface area contributed by atoms with Crippen LogP contribution in [0.4, 0.5) is 4.79 Å². The van der Waals surface area contributed by atoms with Gasteiger partial charge in [-0.05, 0) is 24.9 Å². The fourth-order valence-corrected chi connectivity index (χ4v) is 1.71. The van der Waals surface area contributed by atoms with E-state index in [4.69, 9.17) is 0 Å². The van der Waals surface area contributed by atoms with Crippen molar-refractivity contribution in [1.29, 1.82) is 0 Å². The average Bonchev–Trinajstić information content (AvgIpc) is 2.39. The molecular weight excluding hydrogens is 188 g/mol. The van der Waals surface area contributed by atoms with Gasteiger partial charge < -0.3 is 4.90 Å². The first-order chi connectivity index (χ1) is 6.24. The molecule has 1 aliphatic heterocycles. The van der Waals surface area contributed by atoms with Gasteiger partial charge in [0.05, 0.1) is 0 Å². The Bertz CT molecular complexity index is 208. The average molecular weight is 202 g/mol. The molecule has 3 amide bonds. The molecule has 0 aromatic heterocycles. The third-order valence-corrected chi connectivity index (χ3v) is 2.59. The van der Waals surface area contributed by atoms with Crippen molar-refractivity contribution >= 4 is 23.7 Å². The van der Waals surface area contributed by atoms with Crippen LogP contribution in [0.1, 0.15) is 12.8 Å². The third kappa shape index (κ3) is 3.26. The molecule has 0 bridgehead atoms. The smallest absolute Gasteiger partial charge is 0.315 e. The Hall–Kier alpha value is -0.710. The van der Waals surface area contributed by atoms with Crippen LogP contribution in [-0.4, -0.2) is 41.9 Å². The fourth-order valence-electron chi connectivity index (χ4n) is 1.21. The monoisotopic (exact) mass is 202 g/mol. The maximum Gasteiger partial charge on any atom is 0.324 e. The molecule has 0 saturated carbocycles. The van der Waals surface area contributed by atoms with Gasteiger partial charge >= 0.3 is 6.03 Å². The number of nitrogens with one attached hydrogen (secondary N) is 1. The zero-order valence-electron chi connectivity index (χ0n) is 7.71. The lowest BCUT2D eigenvalue weighted by Gasteiger charge is -2.11. The normalized spacial score (nSPS) is 16.5. The highest BCUT2D eigenvalue weighted by atomic mass is 32.2. The SMILES string of the molecule is CSCCCCN1CC(=O)NC1=O. The Morgan fingerprint density at radius 3 is 2.77 bits per heavy atom. The van der Waals surface area contributed by atoms with Crippen molar-refractivity contribution < 1.29 is 9.59 Å². The van der Waals surface area contributed by atoms with Gasteiger partial charge in [-0.1, -0.05) is 0 Å². The van der Waals surface area contributed by atoms with Crippen molar-refractivity contribution in [2.24, 2.45) is 0 Å². The van der Waals surface area contributed by atoms with E-state index in [2.05, 4.69) is 11.6 Å². The van der Waals surface area contributed by atoms with Gasteiger partial charge in [0.1, 0.15) is 6.54 Å². The van der Waals surface area contributed by atoms with Crippen LogP contribution in [0.2, 0.25) is 0 Å². The van der Waals surface area contributed by atoms with Gasteiger partial charge in [-0.2, -0.15) is 11.8 Å². The largest absolute Gasteiger partial charge is 0.324 e. The molecule has 0 aromatic carbocycles. The van der Waals surface area contributed by atoms with Crippen LogP contribution in [0.5, 0.6) is 0 Å². The molecule has 74 valence electrons. The lowest BCUT2D eigenvalue weighted by Crippen LogP contribution is -2.29. The molecule has 0 aliphatic carbocycles. The highest BCUT2D eigenvalue weighted by Crippen LogP contribution is 2.04. The number of thioether (sulfide) groups is 1. The van der Waals surface area contributed by atoms with Crippen molar-refractivity contribution in [2.45, 2.75) is 12.8 Å². The Balaban J connectivity index is 2.14. The topological polar surface area (TPSA) is 49.4 Å². The van der Waals surface area contributed by atoms with Gasteiger partial charge in [0.25, 0.3) is 0 Å². The first-order valence-electron chi connectivity index (χ1n) is 4.31. The number of hydrogen-bond acceptors (Lipinski definition) is 3. The minimum atomic E-state index is -0.242. The zero-order valence-corrected chi connectivity index (χ0v) is 8.52.